The first-order valence-electron chi connectivity index (χ1n) is 0.966. The van der Waals surface area contributed by atoms with Crippen LogP contribution in [0.5, 0.6) is 0 Å². The summed E-state index contributed by atoms with van der Waals surface area (Å²) in [6.45, 7) is 0. The molecule has 2 nitrogen and oxygen atoms in total. The number of nitrogens with zero attached hydrogens (tertiary/aromatic N) is 1. The molecule has 0 bridgehead atoms. The van der Waals surface area contributed by atoms with Gasteiger partial charge in [0.25, 0.3) is 0 Å². The van der Waals surface area contributed by atoms with E-state index < -0.39 is 5.68 Å². The van der Waals surface area contributed by atoms with E-state index in [1.807, 2.05) is 0 Å². The molecular weight excluding hydrogens is 64.8 g/mol. The van der Waals surface area contributed by atoms with Crippen LogP contribution in [0.1, 0.15) is 0 Å². The SMILES string of the molecule is [B]C(=O)C#N. The Morgan fingerprint density at radius 1 is 2.00 bits per heavy atom. The van der Waals surface area contributed by atoms with Crippen LogP contribution in [0.2, 0.25) is 0 Å². The molecule has 22 valence electrons. The molecule has 0 aliphatic rings. The van der Waals surface area contributed by atoms with E-state index in [0.717, 1.165) is 0 Å². The molecule has 0 atom stereocenters. The van der Waals surface area contributed by atoms with Gasteiger partial charge >= 0.3 is 0 Å². The maximum absolute atomic E-state index is 9.23. The van der Waals surface area contributed by atoms with Crippen LogP contribution < -0.4 is 0 Å². The molecule has 3 heteroatoms. The molecule has 0 rings (SSSR count). The average Bonchev–Trinajstić information content (AvgIpc) is 1.38. The van der Waals surface area contributed by atoms with Crippen molar-refractivity contribution in [2.45, 2.75) is 0 Å². The molecule has 0 amide bonds. The molecule has 0 aromatic heterocycles. The first kappa shape index (κ1) is 4.22. The molecule has 0 saturated heterocycles. The number of hydrogen-bond donors (Lipinski definition) is 0. The van der Waals surface area contributed by atoms with Crippen molar-refractivity contribution in [3.63, 3.8) is 0 Å². The van der Waals surface area contributed by atoms with Crippen LogP contribution in [0.15, 0.2) is 0 Å². The van der Waals surface area contributed by atoms with Crippen molar-refractivity contribution >= 4 is 13.5 Å². The zero-order valence-corrected chi connectivity index (χ0v) is 2.43. The summed E-state index contributed by atoms with van der Waals surface area (Å²) < 4.78 is 0. The lowest BCUT2D eigenvalue weighted by Gasteiger charge is -1.53. The Bertz CT molecular complexity index is 82.1. The third kappa shape index (κ3) is 3.22. The minimum Gasteiger partial charge on any atom is -0.296 e. The largest absolute Gasteiger partial charge is 0.296 e. The molecule has 0 spiro atoms. The second-order valence-electron chi connectivity index (χ2n) is 0.476. The molecule has 0 saturated carbocycles. The van der Waals surface area contributed by atoms with Gasteiger partial charge in [0.1, 0.15) is 6.07 Å². The highest BCUT2D eigenvalue weighted by molar-refractivity contribution is 6.62. The zero-order valence-electron chi connectivity index (χ0n) is 2.43. The van der Waals surface area contributed by atoms with Crippen LogP contribution in [0.4, 0.5) is 0 Å². The van der Waals surface area contributed by atoms with Gasteiger partial charge < -0.3 is 0 Å². The van der Waals surface area contributed by atoms with E-state index in [1.165, 1.54) is 6.07 Å². The second kappa shape index (κ2) is 1.54. The van der Waals surface area contributed by atoms with E-state index in [0.29, 0.717) is 0 Å². The van der Waals surface area contributed by atoms with E-state index in [9.17, 15) is 4.79 Å². The van der Waals surface area contributed by atoms with Crippen molar-refractivity contribution < 1.29 is 4.79 Å². The van der Waals surface area contributed by atoms with Crippen molar-refractivity contribution in [2.24, 2.45) is 0 Å². The minimum absolute atomic E-state index is 0.940. The number of nitriles is 1. The fraction of sp³-hybridized carbons (Fsp3) is 0. The van der Waals surface area contributed by atoms with Crippen LogP contribution in [0, 0.1) is 11.3 Å². The smallest absolute Gasteiger partial charge is 0.190 e. The number of carbonyl (C=O) groups is 1. The summed E-state index contributed by atoms with van der Waals surface area (Å²) in [6, 6.07) is 1.17. The Labute approximate surface area is 30.8 Å². The molecule has 0 heterocycles. The second-order valence-corrected chi connectivity index (χ2v) is 0.476. The van der Waals surface area contributed by atoms with Crippen molar-refractivity contribution in [1.29, 1.82) is 5.26 Å². The predicted molar refractivity (Wildman–Crippen MR) is 16.4 cm³/mol. The summed E-state index contributed by atoms with van der Waals surface area (Å²) in [5.41, 5.74) is -0.940. The van der Waals surface area contributed by atoms with Gasteiger partial charge in [0, 0.05) is 0 Å². The summed E-state index contributed by atoms with van der Waals surface area (Å²) in [5.74, 6) is 0. The molecule has 2 radical (unpaired) electrons. The summed E-state index contributed by atoms with van der Waals surface area (Å²) in [7, 11) is 4.29. The Morgan fingerprint density at radius 2 is 2.20 bits per heavy atom. The monoisotopic (exact) mass is 65.0 g/mol. The molecule has 0 aliphatic carbocycles. The van der Waals surface area contributed by atoms with Crippen molar-refractivity contribution in [2.75, 3.05) is 0 Å². The molecule has 0 aliphatic heterocycles. The molecule has 0 aromatic rings. The van der Waals surface area contributed by atoms with Gasteiger partial charge in [-0.3, -0.25) is 4.79 Å². The van der Waals surface area contributed by atoms with Gasteiger partial charge in [-0.2, -0.15) is 5.26 Å². The predicted octanol–water partition coefficient (Wildman–Crippen LogP) is -0.795. The summed E-state index contributed by atoms with van der Waals surface area (Å²) in [4.78, 5) is 9.23. The fourth-order valence-electron chi connectivity index (χ4n) is 0. The van der Waals surface area contributed by atoms with Crippen LogP contribution in [0.25, 0.3) is 0 Å². The standard InChI is InChI=1S/C2BNO/c3-2(5)1-4. The van der Waals surface area contributed by atoms with Crippen molar-refractivity contribution in [3.8, 4) is 6.07 Å². The lowest BCUT2D eigenvalue weighted by molar-refractivity contribution is -0.107. The maximum Gasteiger partial charge on any atom is 0.190 e. The van der Waals surface area contributed by atoms with Crippen LogP contribution in [-0.4, -0.2) is 13.5 Å². The van der Waals surface area contributed by atoms with Gasteiger partial charge in [-0.15, -0.1) is 0 Å². The summed E-state index contributed by atoms with van der Waals surface area (Å²) in [5, 5.41) is 7.42. The van der Waals surface area contributed by atoms with Gasteiger partial charge in [0.2, 0.25) is 0 Å². The molecule has 5 heavy (non-hydrogen) atoms. The molecule has 0 aromatic carbocycles. The third-order valence-corrected chi connectivity index (χ3v) is 0.110. The summed E-state index contributed by atoms with van der Waals surface area (Å²) in [6.07, 6.45) is 0. The minimum atomic E-state index is -0.940. The van der Waals surface area contributed by atoms with Crippen LogP contribution >= 0.6 is 0 Å². The van der Waals surface area contributed by atoms with E-state index >= 15 is 0 Å². The lowest BCUT2D eigenvalue weighted by atomic mass is 10.1. The Balaban J connectivity index is 3.35. The van der Waals surface area contributed by atoms with Gasteiger partial charge in [-0.25, -0.2) is 0 Å². The Kier molecular flexibility index (Phi) is 1.30. The van der Waals surface area contributed by atoms with E-state index in [2.05, 4.69) is 7.85 Å². The molecular formula is C2BNO. The number of hydrogen-bond acceptors (Lipinski definition) is 2. The van der Waals surface area contributed by atoms with Gasteiger partial charge in [-0.1, -0.05) is 0 Å². The van der Waals surface area contributed by atoms with Gasteiger partial charge in [0.05, 0.1) is 0 Å². The van der Waals surface area contributed by atoms with E-state index in [-0.39, 0.29) is 0 Å². The lowest BCUT2D eigenvalue weighted by Crippen LogP contribution is -1.85. The van der Waals surface area contributed by atoms with Crippen molar-refractivity contribution in [1.82, 2.24) is 0 Å². The summed E-state index contributed by atoms with van der Waals surface area (Å²) >= 11 is 0. The first-order chi connectivity index (χ1) is 2.27. The highest BCUT2D eigenvalue weighted by Gasteiger charge is 1.75. The quantitative estimate of drug-likeness (QED) is 0.274. The Morgan fingerprint density at radius 3 is 2.20 bits per heavy atom. The van der Waals surface area contributed by atoms with E-state index in [1.54, 1.807) is 0 Å². The van der Waals surface area contributed by atoms with Crippen LogP contribution in [-0.2, 0) is 4.79 Å². The highest BCUT2D eigenvalue weighted by Crippen LogP contribution is 1.43. The van der Waals surface area contributed by atoms with Crippen LogP contribution in [0.3, 0.4) is 0 Å². The van der Waals surface area contributed by atoms with Gasteiger partial charge in [0.15, 0.2) is 13.5 Å². The molecule has 0 fully saturated rings. The van der Waals surface area contributed by atoms with Crippen molar-refractivity contribution in [3.05, 3.63) is 0 Å². The maximum atomic E-state index is 9.23. The Hall–Kier alpha value is -0.775. The molecule has 0 unspecified atom stereocenters. The topological polar surface area (TPSA) is 40.9 Å². The number of rotatable bonds is 0. The third-order valence-electron chi connectivity index (χ3n) is 0.110. The molecule has 0 N–H and O–H groups in total. The average molecular weight is 64.8 g/mol. The highest BCUT2D eigenvalue weighted by atomic mass is 16.1. The van der Waals surface area contributed by atoms with E-state index in [4.69, 9.17) is 5.26 Å². The number of carbonyl (C=O) groups excluding carboxylic acids is 1. The fourth-order valence-corrected chi connectivity index (χ4v) is 0. The van der Waals surface area contributed by atoms with Gasteiger partial charge in [-0.05, 0) is 0 Å². The first-order valence-corrected chi connectivity index (χ1v) is 0.966. The normalized spacial score (nSPS) is 5.40. The zero-order chi connectivity index (χ0) is 4.28.